The summed E-state index contributed by atoms with van der Waals surface area (Å²) in [6.07, 6.45) is 2.11. The first-order valence-electron chi connectivity index (χ1n) is 8.28. The molecule has 0 atom stereocenters. The van der Waals surface area contributed by atoms with Crippen LogP contribution in [-0.4, -0.2) is 32.7 Å². The average Bonchev–Trinajstić information content (AvgIpc) is 2.90. The Kier molecular flexibility index (Phi) is 6.03. The van der Waals surface area contributed by atoms with E-state index in [1.54, 1.807) is 18.2 Å². The maximum atomic E-state index is 13.2. The Morgan fingerprint density at radius 3 is 2.59 bits per heavy atom. The SMILES string of the molecule is O=C(O)CCCN1C(=O)C(=Cc2ccccc2-c2ccc(F)cc2)SC1=S. The van der Waals surface area contributed by atoms with Gasteiger partial charge >= 0.3 is 5.97 Å². The number of nitrogens with zero attached hydrogens (tertiary/aromatic N) is 1. The number of rotatable bonds is 6. The van der Waals surface area contributed by atoms with E-state index in [2.05, 4.69) is 0 Å². The normalized spacial score (nSPS) is 15.6. The Morgan fingerprint density at radius 1 is 1.19 bits per heavy atom. The molecular weight excluding hydrogens is 385 g/mol. The molecule has 2 aromatic rings. The van der Waals surface area contributed by atoms with Crippen molar-refractivity contribution in [2.75, 3.05) is 6.54 Å². The van der Waals surface area contributed by atoms with Crippen molar-refractivity contribution >= 4 is 46.3 Å². The highest BCUT2D eigenvalue weighted by Gasteiger charge is 2.31. The van der Waals surface area contributed by atoms with Crippen molar-refractivity contribution in [3.05, 3.63) is 64.8 Å². The van der Waals surface area contributed by atoms with Crippen molar-refractivity contribution in [2.45, 2.75) is 12.8 Å². The summed E-state index contributed by atoms with van der Waals surface area (Å²) in [5, 5.41) is 8.75. The molecule has 0 spiro atoms. The summed E-state index contributed by atoms with van der Waals surface area (Å²) < 4.78 is 13.6. The zero-order valence-corrected chi connectivity index (χ0v) is 15.9. The smallest absolute Gasteiger partial charge is 0.303 e. The Balaban J connectivity index is 1.85. The minimum absolute atomic E-state index is 0.0104. The highest BCUT2D eigenvalue weighted by molar-refractivity contribution is 8.26. The molecule has 0 saturated carbocycles. The third kappa shape index (κ3) is 4.61. The average molecular weight is 401 g/mol. The van der Waals surface area contributed by atoms with Crippen LogP contribution in [0, 0.1) is 5.82 Å². The van der Waals surface area contributed by atoms with E-state index in [9.17, 15) is 14.0 Å². The summed E-state index contributed by atoms with van der Waals surface area (Å²) in [6.45, 7) is 0.286. The number of carboxylic acids is 1. The second-order valence-electron chi connectivity index (χ2n) is 5.92. The van der Waals surface area contributed by atoms with Crippen LogP contribution in [0.4, 0.5) is 4.39 Å². The van der Waals surface area contributed by atoms with Gasteiger partial charge in [0.15, 0.2) is 0 Å². The van der Waals surface area contributed by atoms with Gasteiger partial charge < -0.3 is 5.11 Å². The molecule has 1 N–H and O–H groups in total. The quantitative estimate of drug-likeness (QED) is 0.568. The number of hydrogen-bond donors (Lipinski definition) is 1. The van der Waals surface area contributed by atoms with Crippen molar-refractivity contribution < 1.29 is 19.1 Å². The number of thiocarbonyl (C=S) groups is 1. The minimum Gasteiger partial charge on any atom is -0.481 e. The number of carbonyl (C=O) groups is 2. The van der Waals surface area contributed by atoms with Crippen LogP contribution in [0.25, 0.3) is 17.2 Å². The topological polar surface area (TPSA) is 57.6 Å². The van der Waals surface area contributed by atoms with Crippen LogP contribution < -0.4 is 0 Å². The number of benzene rings is 2. The molecule has 1 aliphatic rings. The van der Waals surface area contributed by atoms with Crippen LogP contribution in [0.5, 0.6) is 0 Å². The lowest BCUT2D eigenvalue weighted by Crippen LogP contribution is -2.29. The van der Waals surface area contributed by atoms with Crippen molar-refractivity contribution in [3.8, 4) is 11.1 Å². The summed E-state index contributed by atoms with van der Waals surface area (Å²) in [5.41, 5.74) is 2.56. The highest BCUT2D eigenvalue weighted by atomic mass is 32.2. The number of thioether (sulfide) groups is 1. The second-order valence-corrected chi connectivity index (χ2v) is 7.60. The van der Waals surface area contributed by atoms with Crippen molar-refractivity contribution in [2.24, 2.45) is 0 Å². The molecule has 1 aliphatic heterocycles. The van der Waals surface area contributed by atoms with Crippen LogP contribution in [0.15, 0.2) is 53.4 Å². The van der Waals surface area contributed by atoms with E-state index in [1.807, 2.05) is 24.3 Å². The summed E-state index contributed by atoms with van der Waals surface area (Å²) in [7, 11) is 0. The van der Waals surface area contributed by atoms with Gasteiger partial charge in [0.2, 0.25) is 0 Å². The highest BCUT2D eigenvalue weighted by Crippen LogP contribution is 2.34. The number of aliphatic carboxylic acids is 1. The van der Waals surface area contributed by atoms with Crippen LogP contribution in [-0.2, 0) is 9.59 Å². The van der Waals surface area contributed by atoms with Gasteiger partial charge in [-0.25, -0.2) is 4.39 Å². The van der Waals surface area contributed by atoms with E-state index in [1.165, 1.54) is 28.8 Å². The number of hydrogen-bond acceptors (Lipinski definition) is 4. The molecule has 1 amide bonds. The second kappa shape index (κ2) is 8.45. The molecular formula is C20H16FNO3S2. The monoisotopic (exact) mass is 401 g/mol. The molecule has 0 bridgehead atoms. The number of carboxylic acid groups (broad SMARTS) is 1. The number of halogens is 1. The predicted octanol–water partition coefficient (Wildman–Crippen LogP) is 4.56. The zero-order chi connectivity index (χ0) is 19.4. The summed E-state index contributed by atoms with van der Waals surface area (Å²) >= 11 is 6.47. The summed E-state index contributed by atoms with van der Waals surface area (Å²) in [5.74, 6) is -1.42. The molecule has 4 nitrogen and oxygen atoms in total. The van der Waals surface area contributed by atoms with E-state index in [-0.39, 0.29) is 24.7 Å². The van der Waals surface area contributed by atoms with Gasteiger partial charge in [-0.05, 0) is 41.3 Å². The third-order valence-electron chi connectivity index (χ3n) is 4.05. The van der Waals surface area contributed by atoms with Crippen molar-refractivity contribution in [1.82, 2.24) is 4.90 Å². The van der Waals surface area contributed by atoms with E-state index < -0.39 is 5.97 Å². The summed E-state index contributed by atoms with van der Waals surface area (Å²) in [6, 6.07) is 13.7. The molecule has 0 radical (unpaired) electrons. The van der Waals surface area contributed by atoms with Crippen LogP contribution in [0.3, 0.4) is 0 Å². The van der Waals surface area contributed by atoms with Gasteiger partial charge in [0.1, 0.15) is 10.1 Å². The fourth-order valence-corrected chi connectivity index (χ4v) is 4.04. The maximum absolute atomic E-state index is 13.2. The standard InChI is InChI=1S/C20H16FNO3S2/c21-15-9-7-13(8-10-15)16-5-2-1-4-14(16)12-17-19(25)22(20(26)27-17)11-3-6-18(23)24/h1-2,4-5,7-10,12H,3,6,11H2,(H,23,24). The molecule has 3 rings (SSSR count). The Bertz CT molecular complexity index is 925. The van der Waals surface area contributed by atoms with Crippen LogP contribution >= 0.6 is 24.0 Å². The Labute approximate surface area is 165 Å². The first kappa shape index (κ1) is 19.3. The lowest BCUT2D eigenvalue weighted by molar-refractivity contribution is -0.137. The molecule has 7 heteroatoms. The van der Waals surface area contributed by atoms with Gasteiger partial charge in [-0.15, -0.1) is 0 Å². The van der Waals surface area contributed by atoms with E-state index in [0.29, 0.717) is 15.6 Å². The van der Waals surface area contributed by atoms with Crippen LogP contribution in [0.1, 0.15) is 18.4 Å². The molecule has 138 valence electrons. The van der Waals surface area contributed by atoms with E-state index in [0.717, 1.165) is 16.7 Å². The zero-order valence-electron chi connectivity index (χ0n) is 14.2. The van der Waals surface area contributed by atoms with Gasteiger partial charge in [-0.2, -0.15) is 0 Å². The Hall–Kier alpha value is -2.51. The molecule has 2 aromatic carbocycles. The molecule has 1 saturated heterocycles. The third-order valence-corrected chi connectivity index (χ3v) is 5.43. The van der Waals surface area contributed by atoms with E-state index in [4.69, 9.17) is 17.3 Å². The lowest BCUT2D eigenvalue weighted by atomic mass is 9.99. The lowest BCUT2D eigenvalue weighted by Gasteiger charge is -2.13. The summed E-state index contributed by atoms with van der Waals surface area (Å²) in [4.78, 5) is 25.2. The molecule has 0 aromatic heterocycles. The van der Waals surface area contributed by atoms with Crippen LogP contribution in [0.2, 0.25) is 0 Å². The molecule has 0 unspecified atom stereocenters. The molecule has 27 heavy (non-hydrogen) atoms. The molecule has 1 heterocycles. The number of amides is 1. The molecule has 0 aliphatic carbocycles. The van der Waals surface area contributed by atoms with Crippen molar-refractivity contribution in [3.63, 3.8) is 0 Å². The van der Waals surface area contributed by atoms with Gasteiger partial charge in [0, 0.05) is 13.0 Å². The van der Waals surface area contributed by atoms with Gasteiger partial charge in [-0.1, -0.05) is 60.4 Å². The van der Waals surface area contributed by atoms with Gasteiger partial charge in [-0.3, -0.25) is 14.5 Å². The predicted molar refractivity (Wildman–Crippen MR) is 109 cm³/mol. The first-order chi connectivity index (χ1) is 13.0. The van der Waals surface area contributed by atoms with Gasteiger partial charge in [0.25, 0.3) is 5.91 Å². The Morgan fingerprint density at radius 2 is 1.89 bits per heavy atom. The minimum atomic E-state index is -0.899. The fraction of sp³-hybridized carbons (Fsp3) is 0.150. The molecule has 1 fully saturated rings. The largest absolute Gasteiger partial charge is 0.481 e. The number of carbonyl (C=O) groups excluding carboxylic acids is 1. The van der Waals surface area contributed by atoms with Gasteiger partial charge in [0.05, 0.1) is 4.91 Å². The van der Waals surface area contributed by atoms with E-state index >= 15 is 0 Å². The maximum Gasteiger partial charge on any atom is 0.303 e. The van der Waals surface area contributed by atoms with Crippen molar-refractivity contribution in [1.29, 1.82) is 0 Å². The fourth-order valence-electron chi connectivity index (χ4n) is 2.74. The first-order valence-corrected chi connectivity index (χ1v) is 9.50.